The minimum atomic E-state index is 0.00715. The van der Waals surface area contributed by atoms with E-state index in [1.54, 1.807) is 0 Å². The molecule has 0 spiro atoms. The Hall–Kier alpha value is -1.02. The summed E-state index contributed by atoms with van der Waals surface area (Å²) in [6.45, 7) is 2.24. The van der Waals surface area contributed by atoms with Gasteiger partial charge in [-0.2, -0.15) is 0 Å². The van der Waals surface area contributed by atoms with Crippen molar-refractivity contribution < 1.29 is 4.79 Å². The summed E-state index contributed by atoms with van der Waals surface area (Å²) in [4.78, 5) is 10.7. The van der Waals surface area contributed by atoms with Crippen LogP contribution in [0.25, 0.3) is 0 Å². The molecule has 0 aromatic heterocycles. The SMILES string of the molecule is CCCCCC=CCC=CCC=CCC=CCCCCCC(=O)S. The van der Waals surface area contributed by atoms with E-state index in [0.717, 1.165) is 44.9 Å². The van der Waals surface area contributed by atoms with E-state index in [0.29, 0.717) is 6.42 Å². The first-order valence-electron chi connectivity index (χ1n) is 9.59. The van der Waals surface area contributed by atoms with E-state index < -0.39 is 0 Å². The highest BCUT2D eigenvalue weighted by Crippen LogP contribution is 2.05. The average Bonchev–Trinajstić information content (AvgIpc) is 2.56. The average molecular weight is 349 g/mol. The number of rotatable bonds is 16. The molecular weight excluding hydrogens is 312 g/mol. The summed E-state index contributed by atoms with van der Waals surface area (Å²) in [5, 5.41) is 0.00715. The predicted molar refractivity (Wildman–Crippen MR) is 112 cm³/mol. The smallest absolute Gasteiger partial charge is 0.185 e. The summed E-state index contributed by atoms with van der Waals surface area (Å²) in [6.07, 6.45) is 31.2. The summed E-state index contributed by atoms with van der Waals surface area (Å²) >= 11 is 3.77. The Morgan fingerprint density at radius 1 is 0.667 bits per heavy atom. The Morgan fingerprint density at radius 3 is 1.58 bits per heavy atom. The van der Waals surface area contributed by atoms with Crippen LogP contribution in [0.4, 0.5) is 0 Å². The molecule has 1 nitrogen and oxygen atoms in total. The number of unbranched alkanes of at least 4 members (excludes halogenated alkanes) is 6. The van der Waals surface area contributed by atoms with Gasteiger partial charge in [-0.15, -0.1) is 12.6 Å². The maximum Gasteiger partial charge on any atom is 0.185 e. The molecule has 0 aliphatic rings. The highest BCUT2D eigenvalue weighted by atomic mass is 32.1. The normalized spacial score (nSPS) is 12.4. The molecule has 0 atom stereocenters. The Morgan fingerprint density at radius 2 is 1.12 bits per heavy atom. The molecule has 0 unspecified atom stereocenters. The van der Waals surface area contributed by atoms with E-state index in [2.05, 4.69) is 68.2 Å². The van der Waals surface area contributed by atoms with Gasteiger partial charge < -0.3 is 0 Å². The fraction of sp³-hybridized carbons (Fsp3) is 0.591. The second kappa shape index (κ2) is 20.0. The second-order valence-corrected chi connectivity index (χ2v) is 6.58. The van der Waals surface area contributed by atoms with E-state index in [9.17, 15) is 4.79 Å². The number of hydrogen-bond donors (Lipinski definition) is 1. The van der Waals surface area contributed by atoms with Crippen LogP contribution in [0, 0.1) is 0 Å². The zero-order valence-corrected chi connectivity index (χ0v) is 16.4. The van der Waals surface area contributed by atoms with Gasteiger partial charge in [0, 0.05) is 6.42 Å². The fourth-order valence-corrected chi connectivity index (χ4v) is 2.43. The van der Waals surface area contributed by atoms with E-state index in [1.807, 2.05) is 0 Å². The monoisotopic (exact) mass is 348 g/mol. The largest absolute Gasteiger partial charge is 0.288 e. The number of allylic oxidation sites excluding steroid dienone is 8. The molecule has 0 heterocycles. The standard InChI is InChI=1S/C22H36OS/c1-2-3-4-5-6-7-8-9-10-11-12-13-14-15-16-17-18-19-20-21-22(23)24/h6-7,9-10,12-13,15-16H,2-5,8,11,14,17-21H2,1H3,(H,23,24). The van der Waals surface area contributed by atoms with Crippen LogP contribution in [0.2, 0.25) is 0 Å². The van der Waals surface area contributed by atoms with Gasteiger partial charge in [-0.3, -0.25) is 4.79 Å². The molecule has 0 amide bonds. The Bertz CT molecular complexity index is 391. The molecule has 0 bridgehead atoms. The van der Waals surface area contributed by atoms with Crippen molar-refractivity contribution in [1.29, 1.82) is 0 Å². The van der Waals surface area contributed by atoms with Crippen molar-refractivity contribution in [1.82, 2.24) is 0 Å². The van der Waals surface area contributed by atoms with Gasteiger partial charge in [0.2, 0.25) is 0 Å². The van der Waals surface area contributed by atoms with Crippen LogP contribution < -0.4 is 0 Å². The van der Waals surface area contributed by atoms with Gasteiger partial charge in [0.05, 0.1) is 0 Å². The van der Waals surface area contributed by atoms with Gasteiger partial charge in [0.1, 0.15) is 0 Å². The quantitative estimate of drug-likeness (QED) is 0.175. The summed E-state index contributed by atoms with van der Waals surface area (Å²) in [5.74, 6) is 0. The third-order valence-electron chi connectivity index (χ3n) is 3.72. The van der Waals surface area contributed by atoms with Crippen molar-refractivity contribution in [3.63, 3.8) is 0 Å². The predicted octanol–water partition coefficient (Wildman–Crippen LogP) is 7.37. The molecule has 0 rings (SSSR count). The Labute approximate surface area is 155 Å². The van der Waals surface area contributed by atoms with Crippen molar-refractivity contribution in [2.24, 2.45) is 0 Å². The molecule has 0 saturated heterocycles. The molecule has 0 fully saturated rings. The minimum Gasteiger partial charge on any atom is -0.288 e. The van der Waals surface area contributed by atoms with Crippen molar-refractivity contribution in [3.05, 3.63) is 48.6 Å². The third kappa shape index (κ3) is 21.0. The zero-order chi connectivity index (χ0) is 17.7. The molecule has 0 radical (unpaired) electrons. The van der Waals surface area contributed by atoms with Gasteiger partial charge >= 0.3 is 0 Å². The van der Waals surface area contributed by atoms with E-state index >= 15 is 0 Å². The summed E-state index contributed by atoms with van der Waals surface area (Å²) in [7, 11) is 0. The summed E-state index contributed by atoms with van der Waals surface area (Å²) in [6, 6.07) is 0. The lowest BCUT2D eigenvalue weighted by atomic mass is 10.1. The van der Waals surface area contributed by atoms with E-state index in [4.69, 9.17) is 0 Å². The van der Waals surface area contributed by atoms with Gasteiger partial charge in [-0.25, -0.2) is 0 Å². The molecule has 136 valence electrons. The van der Waals surface area contributed by atoms with Gasteiger partial charge in [-0.1, -0.05) is 74.8 Å². The lowest BCUT2D eigenvalue weighted by Crippen LogP contribution is -1.85. The van der Waals surface area contributed by atoms with Crippen molar-refractivity contribution in [2.75, 3.05) is 0 Å². The van der Waals surface area contributed by atoms with Crippen LogP contribution >= 0.6 is 12.6 Å². The van der Waals surface area contributed by atoms with E-state index in [-0.39, 0.29) is 5.12 Å². The number of carbonyl (C=O) groups excluding carboxylic acids is 1. The van der Waals surface area contributed by atoms with Crippen LogP contribution in [0.1, 0.15) is 84.0 Å². The maximum atomic E-state index is 10.7. The van der Waals surface area contributed by atoms with Crippen molar-refractivity contribution in [2.45, 2.75) is 84.0 Å². The number of thiol groups is 1. The van der Waals surface area contributed by atoms with Crippen LogP contribution in [-0.4, -0.2) is 5.12 Å². The zero-order valence-electron chi connectivity index (χ0n) is 15.5. The molecule has 0 aromatic rings. The highest BCUT2D eigenvalue weighted by Gasteiger charge is 1.93. The lowest BCUT2D eigenvalue weighted by Gasteiger charge is -1.95. The van der Waals surface area contributed by atoms with Gasteiger partial charge in [-0.05, 0) is 51.4 Å². The van der Waals surface area contributed by atoms with Crippen molar-refractivity contribution >= 4 is 17.7 Å². The first-order chi connectivity index (χ1) is 11.8. The van der Waals surface area contributed by atoms with Crippen LogP contribution in [0.3, 0.4) is 0 Å². The number of hydrogen-bond acceptors (Lipinski definition) is 1. The Kier molecular flexibility index (Phi) is 19.2. The molecule has 0 aliphatic carbocycles. The van der Waals surface area contributed by atoms with Crippen molar-refractivity contribution in [3.8, 4) is 0 Å². The molecular formula is C22H36OS. The molecule has 2 heteroatoms. The van der Waals surface area contributed by atoms with E-state index in [1.165, 1.54) is 25.7 Å². The minimum absolute atomic E-state index is 0.00715. The lowest BCUT2D eigenvalue weighted by molar-refractivity contribution is -0.110. The van der Waals surface area contributed by atoms with Crippen LogP contribution in [0.15, 0.2) is 48.6 Å². The second-order valence-electron chi connectivity index (χ2n) is 6.08. The summed E-state index contributed by atoms with van der Waals surface area (Å²) < 4.78 is 0. The third-order valence-corrected chi connectivity index (χ3v) is 3.94. The topological polar surface area (TPSA) is 17.1 Å². The molecule has 24 heavy (non-hydrogen) atoms. The molecule has 0 saturated carbocycles. The van der Waals surface area contributed by atoms with Crippen LogP contribution in [0.5, 0.6) is 0 Å². The van der Waals surface area contributed by atoms with Crippen LogP contribution in [-0.2, 0) is 4.79 Å². The maximum absolute atomic E-state index is 10.7. The fourth-order valence-electron chi connectivity index (χ4n) is 2.28. The van der Waals surface area contributed by atoms with Gasteiger partial charge in [0.25, 0.3) is 0 Å². The van der Waals surface area contributed by atoms with Gasteiger partial charge in [0.15, 0.2) is 5.12 Å². The molecule has 0 aromatic carbocycles. The summed E-state index contributed by atoms with van der Waals surface area (Å²) in [5.41, 5.74) is 0. The first kappa shape index (κ1) is 23.0. The Balaban J connectivity index is 3.37. The number of carbonyl (C=O) groups is 1. The molecule has 0 aliphatic heterocycles. The highest BCUT2D eigenvalue weighted by molar-refractivity contribution is 7.96. The first-order valence-corrected chi connectivity index (χ1v) is 10.0. The molecule has 0 N–H and O–H groups in total.